The molecule has 0 aromatic heterocycles. The number of rotatable bonds is 4. The zero-order chi connectivity index (χ0) is 10.6. The minimum atomic E-state index is -0.467. The number of likely N-dealkylation sites (N-methyl/N-ethyl adjacent to an activating group) is 1. The minimum Gasteiger partial charge on any atom is -0.319 e. The Kier molecular flexibility index (Phi) is 3.85. The molecule has 0 fully saturated rings. The van der Waals surface area contributed by atoms with Crippen LogP contribution in [-0.4, -0.2) is 18.5 Å². The van der Waals surface area contributed by atoms with Crippen molar-refractivity contribution in [2.24, 2.45) is 0 Å². The molecule has 0 saturated carbocycles. The van der Waals surface area contributed by atoms with E-state index in [1.165, 1.54) is 6.07 Å². The summed E-state index contributed by atoms with van der Waals surface area (Å²) < 4.78 is 0. The van der Waals surface area contributed by atoms with E-state index in [0.717, 1.165) is 18.5 Å². The predicted molar refractivity (Wildman–Crippen MR) is 55.7 cm³/mol. The molecule has 1 aromatic carbocycles. The zero-order valence-corrected chi connectivity index (χ0v) is 8.54. The highest BCUT2D eigenvalue weighted by molar-refractivity contribution is 6.32. The van der Waals surface area contributed by atoms with E-state index in [1.54, 1.807) is 12.1 Å². The fraction of sp³-hybridized carbons (Fsp3) is 0.333. The Bertz CT molecular complexity index is 342. The van der Waals surface area contributed by atoms with Crippen LogP contribution in [0.15, 0.2) is 18.2 Å². The molecule has 76 valence electrons. The van der Waals surface area contributed by atoms with Gasteiger partial charge in [0.15, 0.2) is 0 Å². The Balaban J connectivity index is 2.89. The second-order valence-electron chi connectivity index (χ2n) is 2.90. The molecule has 0 aliphatic carbocycles. The summed E-state index contributed by atoms with van der Waals surface area (Å²) in [7, 11) is 1.84. The fourth-order valence-corrected chi connectivity index (χ4v) is 1.31. The van der Waals surface area contributed by atoms with Crippen LogP contribution in [0.25, 0.3) is 0 Å². The Morgan fingerprint density at radius 2 is 2.29 bits per heavy atom. The molecule has 1 rings (SSSR count). The number of nitro benzene ring substituents is 1. The highest BCUT2D eigenvalue weighted by Crippen LogP contribution is 2.24. The van der Waals surface area contributed by atoms with Gasteiger partial charge in [0.1, 0.15) is 5.02 Å². The van der Waals surface area contributed by atoms with Gasteiger partial charge in [0.25, 0.3) is 5.69 Å². The van der Waals surface area contributed by atoms with Gasteiger partial charge in [-0.2, -0.15) is 0 Å². The summed E-state index contributed by atoms with van der Waals surface area (Å²) in [5.41, 5.74) is 0.885. The van der Waals surface area contributed by atoms with Gasteiger partial charge in [0.05, 0.1) is 4.92 Å². The SMILES string of the molecule is CNCCc1ccc(Cl)c([N+](=O)[O-])c1. The van der Waals surface area contributed by atoms with E-state index in [1.807, 2.05) is 7.05 Å². The van der Waals surface area contributed by atoms with Crippen molar-refractivity contribution in [3.63, 3.8) is 0 Å². The smallest absolute Gasteiger partial charge is 0.288 e. The van der Waals surface area contributed by atoms with Gasteiger partial charge < -0.3 is 5.32 Å². The maximum Gasteiger partial charge on any atom is 0.288 e. The Hall–Kier alpha value is -1.13. The molecule has 0 radical (unpaired) electrons. The van der Waals surface area contributed by atoms with Crippen molar-refractivity contribution in [2.75, 3.05) is 13.6 Å². The van der Waals surface area contributed by atoms with Crippen molar-refractivity contribution in [1.29, 1.82) is 0 Å². The maximum atomic E-state index is 10.6. The van der Waals surface area contributed by atoms with Crippen LogP contribution >= 0.6 is 11.6 Å². The molecule has 1 aromatic rings. The van der Waals surface area contributed by atoms with E-state index in [0.29, 0.717) is 0 Å². The number of hydrogen-bond donors (Lipinski definition) is 1. The van der Waals surface area contributed by atoms with Crippen LogP contribution in [0.3, 0.4) is 0 Å². The van der Waals surface area contributed by atoms with Gasteiger partial charge in [-0.3, -0.25) is 10.1 Å². The lowest BCUT2D eigenvalue weighted by molar-refractivity contribution is -0.384. The Morgan fingerprint density at radius 3 is 2.86 bits per heavy atom. The monoisotopic (exact) mass is 214 g/mol. The van der Waals surface area contributed by atoms with Crippen LogP contribution in [0, 0.1) is 10.1 Å². The summed E-state index contributed by atoms with van der Waals surface area (Å²) >= 11 is 5.67. The number of nitrogens with zero attached hydrogens (tertiary/aromatic N) is 1. The van der Waals surface area contributed by atoms with Crippen LogP contribution in [0.2, 0.25) is 5.02 Å². The maximum absolute atomic E-state index is 10.6. The van der Waals surface area contributed by atoms with E-state index in [-0.39, 0.29) is 10.7 Å². The van der Waals surface area contributed by atoms with Gasteiger partial charge in [-0.05, 0) is 31.6 Å². The predicted octanol–water partition coefficient (Wildman–Crippen LogP) is 2.01. The first kappa shape index (κ1) is 10.9. The normalized spacial score (nSPS) is 10.1. The molecule has 0 aliphatic rings. The number of nitro groups is 1. The zero-order valence-electron chi connectivity index (χ0n) is 7.79. The van der Waals surface area contributed by atoms with Crippen molar-refractivity contribution in [2.45, 2.75) is 6.42 Å². The molecule has 0 amide bonds. The quantitative estimate of drug-likeness (QED) is 0.616. The van der Waals surface area contributed by atoms with Gasteiger partial charge in [0, 0.05) is 6.07 Å². The largest absolute Gasteiger partial charge is 0.319 e. The molecule has 0 unspecified atom stereocenters. The van der Waals surface area contributed by atoms with Crippen molar-refractivity contribution in [1.82, 2.24) is 5.32 Å². The second-order valence-corrected chi connectivity index (χ2v) is 3.30. The first-order valence-electron chi connectivity index (χ1n) is 4.22. The van der Waals surface area contributed by atoms with Crippen molar-refractivity contribution in [3.8, 4) is 0 Å². The lowest BCUT2D eigenvalue weighted by atomic mass is 10.1. The lowest BCUT2D eigenvalue weighted by Crippen LogP contribution is -2.10. The van der Waals surface area contributed by atoms with Gasteiger partial charge in [-0.15, -0.1) is 0 Å². The fourth-order valence-electron chi connectivity index (χ4n) is 1.12. The molecule has 0 aliphatic heterocycles. The summed E-state index contributed by atoms with van der Waals surface area (Å²) in [5, 5.41) is 13.7. The standard InChI is InChI=1S/C9H11ClN2O2/c1-11-5-4-7-2-3-8(10)9(6-7)12(13)14/h2-3,6,11H,4-5H2,1H3. The van der Waals surface area contributed by atoms with Crippen molar-refractivity contribution < 1.29 is 4.92 Å². The third kappa shape index (κ3) is 2.68. The van der Waals surface area contributed by atoms with Crippen molar-refractivity contribution in [3.05, 3.63) is 38.9 Å². The molecule has 5 heteroatoms. The molecule has 14 heavy (non-hydrogen) atoms. The third-order valence-corrected chi connectivity index (χ3v) is 2.19. The summed E-state index contributed by atoms with van der Waals surface area (Å²) in [6.45, 7) is 0.790. The van der Waals surface area contributed by atoms with Crippen LogP contribution in [-0.2, 0) is 6.42 Å². The molecule has 0 spiro atoms. The highest BCUT2D eigenvalue weighted by atomic mass is 35.5. The van der Waals surface area contributed by atoms with Crippen molar-refractivity contribution >= 4 is 17.3 Å². The van der Waals surface area contributed by atoms with Crippen LogP contribution in [0.5, 0.6) is 0 Å². The molecule has 0 heterocycles. The average Bonchev–Trinajstić information content (AvgIpc) is 2.16. The molecule has 4 nitrogen and oxygen atoms in total. The highest BCUT2D eigenvalue weighted by Gasteiger charge is 2.11. The number of benzene rings is 1. The van der Waals surface area contributed by atoms with Crippen LogP contribution < -0.4 is 5.32 Å². The molecular weight excluding hydrogens is 204 g/mol. The van der Waals surface area contributed by atoms with E-state index >= 15 is 0 Å². The Morgan fingerprint density at radius 1 is 1.57 bits per heavy atom. The van der Waals surface area contributed by atoms with E-state index < -0.39 is 4.92 Å². The molecule has 0 saturated heterocycles. The molecule has 0 bridgehead atoms. The summed E-state index contributed by atoms with van der Waals surface area (Å²) in [5.74, 6) is 0. The number of halogens is 1. The first-order chi connectivity index (χ1) is 6.65. The second kappa shape index (κ2) is 4.93. The summed E-state index contributed by atoms with van der Waals surface area (Å²) in [6.07, 6.45) is 0.758. The number of hydrogen-bond acceptors (Lipinski definition) is 3. The molecular formula is C9H11ClN2O2. The first-order valence-corrected chi connectivity index (χ1v) is 4.60. The third-order valence-electron chi connectivity index (χ3n) is 1.87. The molecule has 1 N–H and O–H groups in total. The van der Waals surface area contributed by atoms with E-state index in [9.17, 15) is 10.1 Å². The van der Waals surface area contributed by atoms with Crippen LogP contribution in [0.4, 0.5) is 5.69 Å². The summed E-state index contributed by atoms with van der Waals surface area (Å²) in [6, 6.07) is 4.87. The van der Waals surface area contributed by atoms with Gasteiger partial charge in [-0.1, -0.05) is 17.7 Å². The van der Waals surface area contributed by atoms with Gasteiger partial charge in [0.2, 0.25) is 0 Å². The Labute approximate surface area is 87.0 Å². The lowest BCUT2D eigenvalue weighted by Gasteiger charge is -2.01. The minimum absolute atomic E-state index is 0.0275. The van der Waals surface area contributed by atoms with E-state index in [2.05, 4.69) is 5.32 Å². The average molecular weight is 215 g/mol. The van der Waals surface area contributed by atoms with Crippen LogP contribution in [0.1, 0.15) is 5.56 Å². The van der Waals surface area contributed by atoms with E-state index in [4.69, 9.17) is 11.6 Å². The number of nitrogens with one attached hydrogen (secondary N) is 1. The molecule has 0 atom stereocenters. The van der Waals surface area contributed by atoms with Gasteiger partial charge in [-0.25, -0.2) is 0 Å². The topological polar surface area (TPSA) is 55.2 Å². The summed E-state index contributed by atoms with van der Waals surface area (Å²) in [4.78, 5) is 10.1. The van der Waals surface area contributed by atoms with Gasteiger partial charge >= 0.3 is 0 Å².